The van der Waals surface area contributed by atoms with E-state index in [1.807, 2.05) is 38.1 Å². The first-order valence-corrected chi connectivity index (χ1v) is 9.58. The molecule has 1 N–H and O–H groups in total. The van der Waals surface area contributed by atoms with Gasteiger partial charge >= 0.3 is 5.97 Å². The van der Waals surface area contributed by atoms with E-state index in [0.717, 1.165) is 29.7 Å². The molecule has 1 amide bonds. The van der Waals surface area contributed by atoms with Crippen LogP contribution in [0.25, 0.3) is 5.82 Å². The van der Waals surface area contributed by atoms with E-state index in [2.05, 4.69) is 15.4 Å². The van der Waals surface area contributed by atoms with Crippen LogP contribution >= 0.6 is 0 Å². The summed E-state index contributed by atoms with van der Waals surface area (Å²) in [5, 5.41) is 7.09. The monoisotopic (exact) mass is 392 g/mol. The molecular formula is C22H24N4O3. The first kappa shape index (κ1) is 20.3. The van der Waals surface area contributed by atoms with Crippen LogP contribution in [0.1, 0.15) is 41.0 Å². The van der Waals surface area contributed by atoms with Gasteiger partial charge in [0.15, 0.2) is 12.4 Å². The van der Waals surface area contributed by atoms with E-state index in [4.69, 9.17) is 4.74 Å². The predicted molar refractivity (Wildman–Crippen MR) is 110 cm³/mol. The van der Waals surface area contributed by atoms with Crippen molar-refractivity contribution in [2.24, 2.45) is 0 Å². The summed E-state index contributed by atoms with van der Waals surface area (Å²) in [5.74, 6) is -0.367. The number of nitrogens with zero attached hydrogens (tertiary/aromatic N) is 3. The summed E-state index contributed by atoms with van der Waals surface area (Å²) in [7, 11) is 0. The lowest BCUT2D eigenvalue weighted by Crippen LogP contribution is -2.22. The Bertz CT molecular complexity index is 990. The van der Waals surface area contributed by atoms with Gasteiger partial charge in [-0.15, -0.1) is 0 Å². The summed E-state index contributed by atoms with van der Waals surface area (Å²) in [5.41, 5.74) is 3.80. The number of anilines is 1. The normalized spacial score (nSPS) is 10.6. The third-order valence-electron chi connectivity index (χ3n) is 4.69. The van der Waals surface area contributed by atoms with E-state index < -0.39 is 5.97 Å². The zero-order valence-electron chi connectivity index (χ0n) is 16.8. The quantitative estimate of drug-likeness (QED) is 0.622. The molecule has 7 nitrogen and oxygen atoms in total. The summed E-state index contributed by atoms with van der Waals surface area (Å²) in [6.45, 7) is 5.45. The van der Waals surface area contributed by atoms with Crippen LogP contribution in [0.3, 0.4) is 0 Å². The highest BCUT2D eigenvalue weighted by atomic mass is 16.5. The van der Waals surface area contributed by atoms with Crippen molar-refractivity contribution in [1.82, 2.24) is 14.8 Å². The minimum atomic E-state index is -0.598. The zero-order chi connectivity index (χ0) is 20.8. The molecule has 0 spiro atoms. The Morgan fingerprint density at radius 1 is 1.07 bits per heavy atom. The highest BCUT2D eigenvalue weighted by Crippen LogP contribution is 2.22. The molecule has 29 heavy (non-hydrogen) atoms. The van der Waals surface area contributed by atoms with Gasteiger partial charge in [0.05, 0.1) is 11.9 Å². The lowest BCUT2D eigenvalue weighted by Gasteiger charge is -2.14. The van der Waals surface area contributed by atoms with Crippen LogP contribution in [-0.2, 0) is 22.4 Å². The van der Waals surface area contributed by atoms with Crippen LogP contribution in [-0.4, -0.2) is 33.2 Å². The van der Waals surface area contributed by atoms with Crippen LogP contribution in [0, 0.1) is 6.92 Å². The molecule has 7 heteroatoms. The van der Waals surface area contributed by atoms with E-state index in [9.17, 15) is 9.59 Å². The number of benzene rings is 1. The third kappa shape index (κ3) is 4.51. The number of amides is 1. The van der Waals surface area contributed by atoms with E-state index in [1.54, 1.807) is 29.9 Å². The molecule has 1 aromatic carbocycles. The van der Waals surface area contributed by atoms with Crippen molar-refractivity contribution in [3.8, 4) is 5.82 Å². The van der Waals surface area contributed by atoms with Crippen LogP contribution < -0.4 is 5.32 Å². The maximum atomic E-state index is 12.4. The highest BCUT2D eigenvalue weighted by Gasteiger charge is 2.18. The molecule has 2 aromatic heterocycles. The lowest BCUT2D eigenvalue weighted by atomic mass is 10.0. The minimum absolute atomic E-state index is 0.298. The van der Waals surface area contributed by atoms with Crippen molar-refractivity contribution in [3.05, 3.63) is 71.2 Å². The van der Waals surface area contributed by atoms with Crippen molar-refractivity contribution < 1.29 is 14.3 Å². The lowest BCUT2D eigenvalue weighted by molar-refractivity contribution is -0.119. The second kappa shape index (κ2) is 9.14. The Morgan fingerprint density at radius 2 is 1.79 bits per heavy atom. The van der Waals surface area contributed by atoms with Crippen LogP contribution in [0.5, 0.6) is 0 Å². The Balaban J connectivity index is 1.66. The zero-order valence-corrected chi connectivity index (χ0v) is 16.8. The summed E-state index contributed by atoms with van der Waals surface area (Å²) >= 11 is 0. The number of carbonyl (C=O) groups is 2. The number of hydrogen-bond acceptors (Lipinski definition) is 5. The number of rotatable bonds is 7. The van der Waals surface area contributed by atoms with Crippen molar-refractivity contribution in [1.29, 1.82) is 0 Å². The largest absolute Gasteiger partial charge is 0.452 e. The van der Waals surface area contributed by atoms with Crippen molar-refractivity contribution >= 4 is 17.6 Å². The Kier molecular flexibility index (Phi) is 6.39. The number of para-hydroxylation sites is 1. The number of carbonyl (C=O) groups excluding carboxylic acids is 2. The highest BCUT2D eigenvalue weighted by molar-refractivity contribution is 5.96. The maximum absolute atomic E-state index is 12.4. The SMILES string of the molecule is CCc1cccc(CC)c1NC(=O)COC(=O)c1cnn(-c2ccccn2)c1C. The maximum Gasteiger partial charge on any atom is 0.342 e. The van der Waals surface area contributed by atoms with Crippen molar-refractivity contribution in [3.63, 3.8) is 0 Å². The smallest absolute Gasteiger partial charge is 0.342 e. The molecule has 2 heterocycles. The number of aryl methyl sites for hydroxylation is 2. The molecule has 150 valence electrons. The van der Waals surface area contributed by atoms with Crippen LogP contribution in [0.4, 0.5) is 5.69 Å². The summed E-state index contributed by atoms with van der Waals surface area (Å²) < 4.78 is 6.77. The Morgan fingerprint density at radius 3 is 2.41 bits per heavy atom. The molecule has 0 saturated heterocycles. The van der Waals surface area contributed by atoms with Gasteiger partial charge in [-0.05, 0) is 43.0 Å². The second-order valence-electron chi connectivity index (χ2n) is 6.53. The predicted octanol–water partition coefficient (Wildman–Crippen LogP) is 3.50. The fourth-order valence-corrected chi connectivity index (χ4v) is 3.11. The topological polar surface area (TPSA) is 86.1 Å². The first-order valence-electron chi connectivity index (χ1n) is 9.58. The van der Waals surface area contributed by atoms with Gasteiger partial charge in [-0.3, -0.25) is 4.79 Å². The summed E-state index contributed by atoms with van der Waals surface area (Å²) in [6.07, 6.45) is 4.67. The Hall–Kier alpha value is -3.48. The van der Waals surface area contributed by atoms with Gasteiger partial charge in [0.2, 0.25) is 0 Å². The first-order chi connectivity index (χ1) is 14.0. The molecule has 0 unspecified atom stereocenters. The molecule has 0 atom stereocenters. The van der Waals surface area contributed by atoms with Gasteiger partial charge in [0, 0.05) is 11.9 Å². The second-order valence-corrected chi connectivity index (χ2v) is 6.53. The summed E-state index contributed by atoms with van der Waals surface area (Å²) in [4.78, 5) is 29.0. The molecule has 0 fully saturated rings. The van der Waals surface area contributed by atoms with E-state index in [-0.39, 0.29) is 12.5 Å². The van der Waals surface area contributed by atoms with Gasteiger partial charge in [-0.1, -0.05) is 38.1 Å². The minimum Gasteiger partial charge on any atom is -0.452 e. The average Bonchev–Trinajstić information content (AvgIpc) is 3.14. The fourth-order valence-electron chi connectivity index (χ4n) is 3.11. The fraction of sp³-hybridized carbons (Fsp3) is 0.273. The van der Waals surface area contributed by atoms with E-state index in [1.165, 1.54) is 6.20 Å². The molecule has 0 aliphatic carbocycles. The van der Waals surface area contributed by atoms with E-state index in [0.29, 0.717) is 17.1 Å². The molecule has 0 aliphatic rings. The summed E-state index contributed by atoms with van der Waals surface area (Å²) in [6, 6.07) is 11.4. The van der Waals surface area contributed by atoms with Crippen molar-refractivity contribution in [2.75, 3.05) is 11.9 Å². The van der Waals surface area contributed by atoms with Gasteiger partial charge in [0.25, 0.3) is 5.91 Å². The molecule has 0 aliphatic heterocycles. The number of ether oxygens (including phenoxy) is 1. The standard InChI is InChI=1S/C22H24N4O3/c1-4-16-9-8-10-17(5-2)21(16)25-20(27)14-29-22(28)18-13-24-26(15(18)3)19-11-6-7-12-23-19/h6-13H,4-5,14H2,1-3H3,(H,25,27). The molecular weight excluding hydrogens is 368 g/mol. The molecule has 3 aromatic rings. The number of hydrogen-bond donors (Lipinski definition) is 1. The average molecular weight is 392 g/mol. The number of nitrogens with one attached hydrogen (secondary N) is 1. The van der Waals surface area contributed by atoms with Gasteiger partial charge in [0.1, 0.15) is 5.56 Å². The number of esters is 1. The Labute approximate surface area is 169 Å². The molecule has 0 bridgehead atoms. The van der Waals surface area contributed by atoms with Gasteiger partial charge in [-0.25, -0.2) is 14.5 Å². The van der Waals surface area contributed by atoms with Gasteiger partial charge < -0.3 is 10.1 Å². The third-order valence-corrected chi connectivity index (χ3v) is 4.69. The van der Waals surface area contributed by atoms with Crippen LogP contribution in [0.2, 0.25) is 0 Å². The molecule has 0 saturated carbocycles. The van der Waals surface area contributed by atoms with E-state index >= 15 is 0 Å². The van der Waals surface area contributed by atoms with Crippen molar-refractivity contribution in [2.45, 2.75) is 33.6 Å². The number of aromatic nitrogens is 3. The molecule has 0 radical (unpaired) electrons. The van der Waals surface area contributed by atoms with Crippen LogP contribution in [0.15, 0.2) is 48.8 Å². The molecule has 3 rings (SSSR count). The number of pyridine rings is 1. The van der Waals surface area contributed by atoms with Gasteiger partial charge in [-0.2, -0.15) is 5.10 Å².